The summed E-state index contributed by atoms with van der Waals surface area (Å²) in [4.78, 5) is 0. The van der Waals surface area contributed by atoms with E-state index in [-0.39, 0.29) is 0 Å². The predicted octanol–water partition coefficient (Wildman–Crippen LogP) is 3.15. The van der Waals surface area contributed by atoms with Crippen LogP contribution in [0.4, 0.5) is 0 Å². The molecule has 2 heterocycles. The SMILES string of the molecule is CC(Cn1cccn1)NC1CCOc2ccc(Br)cc21. The number of rotatable bonds is 4. The van der Waals surface area contributed by atoms with E-state index in [9.17, 15) is 0 Å². The minimum Gasteiger partial charge on any atom is -0.493 e. The fourth-order valence-electron chi connectivity index (χ4n) is 2.62. The van der Waals surface area contributed by atoms with E-state index in [1.54, 1.807) is 0 Å². The lowest BCUT2D eigenvalue weighted by Gasteiger charge is -2.29. The van der Waals surface area contributed by atoms with Gasteiger partial charge < -0.3 is 10.1 Å². The van der Waals surface area contributed by atoms with Crippen LogP contribution in [-0.4, -0.2) is 22.4 Å². The van der Waals surface area contributed by atoms with Crippen LogP contribution in [0, 0.1) is 0 Å². The van der Waals surface area contributed by atoms with Crippen molar-refractivity contribution in [2.45, 2.75) is 32.0 Å². The average Bonchev–Trinajstić information content (AvgIpc) is 2.92. The van der Waals surface area contributed by atoms with Crippen molar-refractivity contribution in [2.75, 3.05) is 6.61 Å². The zero-order valence-corrected chi connectivity index (χ0v) is 13.0. The van der Waals surface area contributed by atoms with Crippen LogP contribution in [0.15, 0.2) is 41.1 Å². The highest BCUT2D eigenvalue weighted by atomic mass is 79.9. The molecule has 1 aliphatic rings. The molecular weight excluding hydrogens is 318 g/mol. The molecule has 5 heteroatoms. The minimum atomic E-state index is 0.335. The van der Waals surface area contributed by atoms with Gasteiger partial charge in [-0.05, 0) is 31.2 Å². The van der Waals surface area contributed by atoms with Crippen molar-refractivity contribution in [1.82, 2.24) is 15.1 Å². The van der Waals surface area contributed by atoms with Crippen molar-refractivity contribution in [3.8, 4) is 5.75 Å². The highest BCUT2D eigenvalue weighted by molar-refractivity contribution is 9.10. The molecule has 0 radical (unpaired) electrons. The molecule has 1 aromatic carbocycles. The Kier molecular flexibility index (Phi) is 4.08. The maximum absolute atomic E-state index is 5.72. The van der Waals surface area contributed by atoms with Crippen LogP contribution in [0.3, 0.4) is 0 Å². The molecule has 4 nitrogen and oxygen atoms in total. The van der Waals surface area contributed by atoms with Gasteiger partial charge in [-0.3, -0.25) is 4.68 Å². The Balaban J connectivity index is 1.71. The molecular formula is C15H18BrN3O. The predicted molar refractivity (Wildman–Crippen MR) is 81.8 cm³/mol. The molecule has 1 aromatic heterocycles. The number of hydrogen-bond donors (Lipinski definition) is 1. The third-order valence-electron chi connectivity index (χ3n) is 3.52. The molecule has 2 unspecified atom stereocenters. The molecule has 0 bridgehead atoms. The summed E-state index contributed by atoms with van der Waals surface area (Å²) in [5.74, 6) is 0.989. The van der Waals surface area contributed by atoms with E-state index in [1.807, 2.05) is 35.3 Å². The summed E-state index contributed by atoms with van der Waals surface area (Å²) in [6.07, 6.45) is 4.80. The molecule has 0 fully saturated rings. The molecule has 2 atom stereocenters. The van der Waals surface area contributed by atoms with Crippen molar-refractivity contribution in [1.29, 1.82) is 0 Å². The highest BCUT2D eigenvalue weighted by Crippen LogP contribution is 2.34. The van der Waals surface area contributed by atoms with Gasteiger partial charge in [0, 0.05) is 40.9 Å². The second-order valence-corrected chi connectivity index (χ2v) is 6.08. The summed E-state index contributed by atoms with van der Waals surface area (Å²) < 4.78 is 8.77. The topological polar surface area (TPSA) is 39.1 Å². The summed E-state index contributed by atoms with van der Waals surface area (Å²) >= 11 is 3.54. The van der Waals surface area contributed by atoms with Gasteiger partial charge in [0.1, 0.15) is 5.75 Å². The summed E-state index contributed by atoms with van der Waals surface area (Å²) in [7, 11) is 0. The van der Waals surface area contributed by atoms with E-state index < -0.39 is 0 Å². The number of benzene rings is 1. The largest absolute Gasteiger partial charge is 0.493 e. The molecule has 20 heavy (non-hydrogen) atoms. The number of aromatic nitrogens is 2. The van der Waals surface area contributed by atoms with Crippen molar-refractivity contribution in [2.24, 2.45) is 0 Å². The molecule has 1 N–H and O–H groups in total. The molecule has 0 saturated carbocycles. The maximum atomic E-state index is 5.72. The standard InChI is InChI=1S/C15H18BrN3O/c1-11(10-19-7-2-6-17-19)18-14-5-8-20-15-4-3-12(16)9-13(14)15/h2-4,6-7,9,11,14,18H,5,8,10H2,1H3. The summed E-state index contributed by atoms with van der Waals surface area (Å²) in [6, 6.07) is 8.84. The van der Waals surface area contributed by atoms with Crippen LogP contribution < -0.4 is 10.1 Å². The number of halogens is 1. The lowest BCUT2D eigenvalue weighted by atomic mass is 10.00. The van der Waals surface area contributed by atoms with Gasteiger partial charge in [0.05, 0.1) is 13.2 Å². The molecule has 3 rings (SSSR count). The Bertz CT molecular complexity index is 571. The van der Waals surface area contributed by atoms with Crippen LogP contribution in [0.2, 0.25) is 0 Å². The Morgan fingerprint density at radius 3 is 3.25 bits per heavy atom. The second-order valence-electron chi connectivity index (χ2n) is 5.17. The van der Waals surface area contributed by atoms with Crippen LogP contribution >= 0.6 is 15.9 Å². The molecule has 0 saturated heterocycles. The minimum absolute atomic E-state index is 0.335. The van der Waals surface area contributed by atoms with Crippen molar-refractivity contribution >= 4 is 15.9 Å². The Morgan fingerprint density at radius 2 is 2.45 bits per heavy atom. The third kappa shape index (κ3) is 3.04. The molecule has 0 aliphatic carbocycles. The van der Waals surface area contributed by atoms with Gasteiger partial charge in [-0.1, -0.05) is 15.9 Å². The van der Waals surface area contributed by atoms with Gasteiger partial charge in [0.2, 0.25) is 0 Å². The van der Waals surface area contributed by atoms with Crippen molar-refractivity contribution < 1.29 is 4.74 Å². The third-order valence-corrected chi connectivity index (χ3v) is 4.01. The smallest absolute Gasteiger partial charge is 0.124 e. The van der Waals surface area contributed by atoms with Crippen LogP contribution in [-0.2, 0) is 6.54 Å². The summed E-state index contributed by atoms with van der Waals surface area (Å²) in [6.45, 7) is 3.82. The monoisotopic (exact) mass is 335 g/mol. The first kappa shape index (κ1) is 13.6. The summed E-state index contributed by atoms with van der Waals surface area (Å²) in [5, 5.41) is 7.93. The van der Waals surface area contributed by atoms with Crippen LogP contribution in [0.1, 0.15) is 24.9 Å². The first-order valence-corrected chi connectivity index (χ1v) is 7.67. The van der Waals surface area contributed by atoms with Gasteiger partial charge in [0.15, 0.2) is 0 Å². The fourth-order valence-corrected chi connectivity index (χ4v) is 3.00. The quantitative estimate of drug-likeness (QED) is 0.932. The van der Waals surface area contributed by atoms with Gasteiger partial charge in [-0.25, -0.2) is 0 Å². The molecule has 106 valence electrons. The molecule has 2 aromatic rings. The van der Waals surface area contributed by atoms with Crippen molar-refractivity contribution in [3.05, 3.63) is 46.7 Å². The van der Waals surface area contributed by atoms with E-state index in [0.717, 1.165) is 29.8 Å². The van der Waals surface area contributed by atoms with Gasteiger partial charge >= 0.3 is 0 Å². The normalized spacial score (nSPS) is 19.2. The van der Waals surface area contributed by atoms with Gasteiger partial charge in [-0.2, -0.15) is 5.10 Å². The number of ether oxygens (including phenoxy) is 1. The Labute approximate surface area is 127 Å². The lowest BCUT2D eigenvalue weighted by Crippen LogP contribution is -2.36. The molecule has 1 aliphatic heterocycles. The Morgan fingerprint density at radius 1 is 1.55 bits per heavy atom. The maximum Gasteiger partial charge on any atom is 0.124 e. The van der Waals surface area contributed by atoms with E-state index in [1.165, 1.54) is 5.56 Å². The number of hydrogen-bond acceptors (Lipinski definition) is 3. The van der Waals surface area contributed by atoms with E-state index in [2.05, 4.69) is 39.3 Å². The van der Waals surface area contributed by atoms with E-state index >= 15 is 0 Å². The lowest BCUT2D eigenvalue weighted by molar-refractivity contribution is 0.241. The zero-order chi connectivity index (χ0) is 13.9. The van der Waals surface area contributed by atoms with Gasteiger partial charge in [-0.15, -0.1) is 0 Å². The fraction of sp³-hybridized carbons (Fsp3) is 0.400. The number of fused-ring (bicyclic) bond motifs is 1. The second kappa shape index (κ2) is 5.97. The van der Waals surface area contributed by atoms with E-state index in [0.29, 0.717) is 12.1 Å². The molecule has 0 spiro atoms. The average molecular weight is 336 g/mol. The van der Waals surface area contributed by atoms with Crippen LogP contribution in [0.25, 0.3) is 0 Å². The van der Waals surface area contributed by atoms with Crippen molar-refractivity contribution in [3.63, 3.8) is 0 Å². The zero-order valence-electron chi connectivity index (χ0n) is 11.4. The first-order chi connectivity index (χ1) is 9.72. The number of nitrogens with zero attached hydrogens (tertiary/aromatic N) is 2. The number of nitrogens with one attached hydrogen (secondary N) is 1. The first-order valence-electron chi connectivity index (χ1n) is 6.88. The van der Waals surface area contributed by atoms with Crippen LogP contribution in [0.5, 0.6) is 5.75 Å². The Hall–Kier alpha value is -1.33. The highest BCUT2D eigenvalue weighted by Gasteiger charge is 2.23. The van der Waals surface area contributed by atoms with Gasteiger partial charge in [0.25, 0.3) is 0 Å². The van der Waals surface area contributed by atoms with E-state index in [4.69, 9.17) is 4.74 Å². The summed E-state index contributed by atoms with van der Waals surface area (Å²) in [5.41, 5.74) is 1.23. The molecule has 0 amide bonds.